The minimum absolute atomic E-state index is 0.138. The predicted octanol–water partition coefficient (Wildman–Crippen LogP) is 3.95. The van der Waals surface area contributed by atoms with Crippen LogP contribution in [0.5, 0.6) is 0 Å². The molecule has 2 N–H and O–H groups in total. The first-order valence-corrected chi connectivity index (χ1v) is 7.12. The van der Waals surface area contributed by atoms with E-state index < -0.39 is 5.97 Å². The van der Waals surface area contributed by atoms with E-state index in [0.717, 1.165) is 11.1 Å². The molecular formula is C14H14ClNO2S. The zero-order chi connectivity index (χ0) is 13.8. The minimum atomic E-state index is -0.869. The summed E-state index contributed by atoms with van der Waals surface area (Å²) in [5, 5.41) is 14.9. The van der Waals surface area contributed by atoms with Gasteiger partial charge in [-0.3, -0.25) is 0 Å². The monoisotopic (exact) mass is 295 g/mol. The summed E-state index contributed by atoms with van der Waals surface area (Å²) in [6.07, 6.45) is 0. The van der Waals surface area contributed by atoms with Crippen molar-refractivity contribution in [3.8, 4) is 0 Å². The molecule has 0 aliphatic heterocycles. The molecule has 1 heterocycles. The number of aromatic carboxylic acids is 1. The number of thiophene rings is 1. The number of rotatable bonds is 5. The van der Waals surface area contributed by atoms with Crippen LogP contribution < -0.4 is 5.32 Å². The molecule has 100 valence electrons. The van der Waals surface area contributed by atoms with E-state index in [1.54, 1.807) is 5.38 Å². The Morgan fingerprint density at radius 1 is 1.37 bits per heavy atom. The van der Waals surface area contributed by atoms with Crippen LogP contribution in [0, 0.1) is 0 Å². The van der Waals surface area contributed by atoms with Gasteiger partial charge >= 0.3 is 5.97 Å². The highest BCUT2D eigenvalue weighted by atomic mass is 35.5. The van der Waals surface area contributed by atoms with Gasteiger partial charge in [-0.1, -0.05) is 23.7 Å². The summed E-state index contributed by atoms with van der Waals surface area (Å²) in [5.41, 5.74) is 1.94. The first-order chi connectivity index (χ1) is 9.08. The summed E-state index contributed by atoms with van der Waals surface area (Å²) in [6.45, 7) is 2.57. The van der Waals surface area contributed by atoms with Gasteiger partial charge < -0.3 is 10.4 Å². The number of nitrogens with one attached hydrogen (secondary N) is 1. The first kappa shape index (κ1) is 14.1. The Hall–Kier alpha value is -1.36. The van der Waals surface area contributed by atoms with E-state index in [2.05, 4.69) is 5.32 Å². The van der Waals surface area contributed by atoms with Crippen molar-refractivity contribution in [3.05, 3.63) is 56.7 Å². The van der Waals surface area contributed by atoms with Crippen molar-refractivity contribution in [2.24, 2.45) is 0 Å². The van der Waals surface area contributed by atoms with E-state index in [4.69, 9.17) is 16.7 Å². The highest BCUT2D eigenvalue weighted by Crippen LogP contribution is 2.19. The molecule has 0 amide bonds. The van der Waals surface area contributed by atoms with Crippen molar-refractivity contribution in [3.63, 3.8) is 0 Å². The highest BCUT2D eigenvalue weighted by Gasteiger charge is 2.12. The lowest BCUT2D eigenvalue weighted by molar-refractivity contribution is 0.0701. The Balaban J connectivity index is 2.00. The molecule has 3 nitrogen and oxygen atoms in total. The molecular weight excluding hydrogens is 282 g/mol. The zero-order valence-electron chi connectivity index (χ0n) is 10.4. The molecule has 0 fully saturated rings. The van der Waals surface area contributed by atoms with Gasteiger partial charge in [0.15, 0.2) is 0 Å². The number of carbonyl (C=O) groups is 1. The molecule has 0 aliphatic carbocycles. The Labute approximate surface area is 120 Å². The molecule has 0 saturated carbocycles. The Bertz CT molecular complexity index is 565. The molecule has 1 aromatic heterocycles. The highest BCUT2D eigenvalue weighted by molar-refractivity contribution is 7.12. The fourth-order valence-corrected chi connectivity index (χ4v) is 2.68. The third-order valence-corrected chi connectivity index (χ3v) is 4.11. The molecule has 0 saturated heterocycles. The third kappa shape index (κ3) is 3.56. The van der Waals surface area contributed by atoms with Crippen molar-refractivity contribution < 1.29 is 9.90 Å². The number of carboxylic acid groups (broad SMARTS) is 1. The fraction of sp³-hybridized carbons (Fsp3) is 0.214. The van der Waals surface area contributed by atoms with E-state index in [1.165, 1.54) is 11.3 Å². The van der Waals surface area contributed by atoms with E-state index in [0.29, 0.717) is 16.4 Å². The van der Waals surface area contributed by atoms with Crippen molar-refractivity contribution in [2.75, 3.05) is 0 Å². The van der Waals surface area contributed by atoms with Gasteiger partial charge in [-0.15, -0.1) is 11.3 Å². The molecule has 2 aromatic rings. The largest absolute Gasteiger partial charge is 0.477 e. The van der Waals surface area contributed by atoms with E-state index in [1.807, 2.05) is 37.3 Å². The Morgan fingerprint density at radius 2 is 2.05 bits per heavy atom. The van der Waals surface area contributed by atoms with Gasteiger partial charge in [-0.2, -0.15) is 0 Å². The molecule has 2 rings (SSSR count). The fourth-order valence-electron chi connectivity index (χ4n) is 1.79. The average Bonchev–Trinajstić information content (AvgIpc) is 2.85. The lowest BCUT2D eigenvalue weighted by Crippen LogP contribution is -2.18. The normalized spacial score (nSPS) is 12.3. The van der Waals surface area contributed by atoms with Gasteiger partial charge in [-0.25, -0.2) is 4.79 Å². The van der Waals surface area contributed by atoms with Gasteiger partial charge in [0, 0.05) is 17.6 Å². The van der Waals surface area contributed by atoms with Gasteiger partial charge in [0.2, 0.25) is 0 Å². The molecule has 0 radical (unpaired) electrons. The van der Waals surface area contributed by atoms with Crippen LogP contribution >= 0.6 is 22.9 Å². The molecule has 19 heavy (non-hydrogen) atoms. The molecule has 1 aromatic carbocycles. The second-order valence-corrected chi connectivity index (χ2v) is 5.59. The molecule has 1 atom stereocenters. The second kappa shape index (κ2) is 6.19. The van der Waals surface area contributed by atoms with Gasteiger partial charge in [0.1, 0.15) is 4.88 Å². The quantitative estimate of drug-likeness (QED) is 0.878. The van der Waals surface area contributed by atoms with Crippen molar-refractivity contribution in [1.82, 2.24) is 5.32 Å². The summed E-state index contributed by atoms with van der Waals surface area (Å²) in [4.78, 5) is 11.4. The summed E-state index contributed by atoms with van der Waals surface area (Å²) in [5.74, 6) is -0.869. The smallest absolute Gasteiger partial charge is 0.346 e. The van der Waals surface area contributed by atoms with Gasteiger partial charge in [0.05, 0.1) is 0 Å². The van der Waals surface area contributed by atoms with Crippen LogP contribution in [0.1, 0.15) is 33.8 Å². The SMILES string of the molecule is CC(NCc1ccsc1C(=O)O)c1ccc(Cl)cc1. The van der Waals surface area contributed by atoms with Crippen LogP contribution in [0.4, 0.5) is 0 Å². The van der Waals surface area contributed by atoms with Crippen molar-refractivity contribution in [1.29, 1.82) is 0 Å². The van der Waals surface area contributed by atoms with E-state index >= 15 is 0 Å². The molecule has 0 spiro atoms. The van der Waals surface area contributed by atoms with Crippen LogP contribution in [-0.2, 0) is 6.54 Å². The topological polar surface area (TPSA) is 49.3 Å². The predicted molar refractivity (Wildman–Crippen MR) is 78.0 cm³/mol. The molecule has 0 bridgehead atoms. The van der Waals surface area contributed by atoms with Crippen molar-refractivity contribution >= 4 is 28.9 Å². The molecule has 0 aliphatic rings. The summed E-state index contributed by atoms with van der Waals surface area (Å²) in [6, 6.07) is 9.61. The maximum atomic E-state index is 11.0. The van der Waals surface area contributed by atoms with Gasteiger partial charge in [0.25, 0.3) is 0 Å². The number of hydrogen-bond donors (Lipinski definition) is 2. The maximum Gasteiger partial charge on any atom is 0.346 e. The zero-order valence-corrected chi connectivity index (χ0v) is 12.0. The molecule has 5 heteroatoms. The standard InChI is InChI=1S/C14H14ClNO2S/c1-9(10-2-4-12(15)5-3-10)16-8-11-6-7-19-13(11)14(17)18/h2-7,9,16H,8H2,1H3,(H,17,18). The minimum Gasteiger partial charge on any atom is -0.477 e. The van der Waals surface area contributed by atoms with Crippen LogP contribution in [0.2, 0.25) is 5.02 Å². The van der Waals surface area contributed by atoms with Crippen LogP contribution in [-0.4, -0.2) is 11.1 Å². The Kier molecular flexibility index (Phi) is 4.58. The molecule has 1 unspecified atom stereocenters. The summed E-state index contributed by atoms with van der Waals surface area (Å²) >= 11 is 7.10. The van der Waals surface area contributed by atoms with E-state index in [9.17, 15) is 4.79 Å². The van der Waals surface area contributed by atoms with Gasteiger partial charge in [-0.05, 0) is 41.6 Å². The van der Waals surface area contributed by atoms with Crippen LogP contribution in [0.3, 0.4) is 0 Å². The number of hydrogen-bond acceptors (Lipinski definition) is 3. The number of carboxylic acids is 1. The number of benzene rings is 1. The number of halogens is 1. The lowest BCUT2D eigenvalue weighted by Gasteiger charge is -2.14. The summed E-state index contributed by atoms with van der Waals surface area (Å²) in [7, 11) is 0. The maximum absolute atomic E-state index is 11.0. The first-order valence-electron chi connectivity index (χ1n) is 5.86. The van der Waals surface area contributed by atoms with Crippen LogP contribution in [0.15, 0.2) is 35.7 Å². The van der Waals surface area contributed by atoms with E-state index in [-0.39, 0.29) is 6.04 Å². The second-order valence-electron chi connectivity index (χ2n) is 4.23. The average molecular weight is 296 g/mol. The third-order valence-electron chi connectivity index (χ3n) is 2.91. The lowest BCUT2D eigenvalue weighted by atomic mass is 10.1. The van der Waals surface area contributed by atoms with Crippen LogP contribution in [0.25, 0.3) is 0 Å². The Morgan fingerprint density at radius 3 is 2.68 bits per heavy atom. The summed E-state index contributed by atoms with van der Waals surface area (Å²) < 4.78 is 0. The van der Waals surface area contributed by atoms with Crippen molar-refractivity contribution in [2.45, 2.75) is 19.5 Å².